The van der Waals surface area contributed by atoms with Crippen molar-refractivity contribution < 1.29 is 4.79 Å². The average molecular weight is 238 g/mol. The first kappa shape index (κ1) is 12.9. The lowest BCUT2D eigenvalue weighted by Gasteiger charge is -2.27. The van der Waals surface area contributed by atoms with Crippen molar-refractivity contribution in [3.05, 3.63) is 0 Å². The molecule has 0 bridgehead atoms. The van der Waals surface area contributed by atoms with E-state index in [1.807, 2.05) is 0 Å². The van der Waals surface area contributed by atoms with Gasteiger partial charge in [-0.15, -0.1) is 0 Å². The van der Waals surface area contributed by atoms with Gasteiger partial charge in [0, 0.05) is 6.04 Å². The zero-order valence-electron chi connectivity index (χ0n) is 11.1. The van der Waals surface area contributed by atoms with Gasteiger partial charge in [0.1, 0.15) is 0 Å². The van der Waals surface area contributed by atoms with E-state index >= 15 is 0 Å². The van der Waals surface area contributed by atoms with Crippen LogP contribution in [-0.2, 0) is 4.79 Å². The van der Waals surface area contributed by atoms with Gasteiger partial charge in [-0.05, 0) is 45.7 Å². The van der Waals surface area contributed by atoms with Crippen LogP contribution >= 0.6 is 0 Å². The third-order valence-electron chi connectivity index (χ3n) is 4.27. The summed E-state index contributed by atoms with van der Waals surface area (Å²) in [5.74, 6) is 0.249. The quantitative estimate of drug-likeness (QED) is 0.818. The van der Waals surface area contributed by atoms with Crippen molar-refractivity contribution >= 4 is 5.91 Å². The first-order chi connectivity index (χ1) is 8.27. The van der Waals surface area contributed by atoms with Crippen molar-refractivity contribution in [2.75, 3.05) is 13.1 Å². The van der Waals surface area contributed by atoms with E-state index in [1.165, 1.54) is 51.4 Å². The van der Waals surface area contributed by atoms with Gasteiger partial charge >= 0.3 is 0 Å². The molecule has 1 aliphatic carbocycles. The summed E-state index contributed by atoms with van der Waals surface area (Å²) < 4.78 is 0. The molecule has 3 nitrogen and oxygen atoms in total. The van der Waals surface area contributed by atoms with Crippen LogP contribution in [0.25, 0.3) is 0 Å². The van der Waals surface area contributed by atoms with E-state index < -0.39 is 0 Å². The van der Waals surface area contributed by atoms with Crippen LogP contribution in [0.2, 0.25) is 0 Å². The molecule has 1 heterocycles. The van der Waals surface area contributed by atoms with Crippen LogP contribution in [0.1, 0.15) is 58.3 Å². The fourth-order valence-corrected chi connectivity index (χ4v) is 3.04. The predicted molar refractivity (Wildman–Crippen MR) is 69.9 cm³/mol. The highest BCUT2D eigenvalue weighted by Gasteiger charge is 2.25. The highest BCUT2D eigenvalue weighted by Crippen LogP contribution is 2.18. The topological polar surface area (TPSA) is 32.3 Å². The minimum Gasteiger partial charge on any atom is -0.352 e. The minimum absolute atomic E-state index is 0.0636. The third-order valence-corrected chi connectivity index (χ3v) is 4.27. The first-order valence-corrected chi connectivity index (χ1v) is 7.32. The summed E-state index contributed by atoms with van der Waals surface area (Å²) in [6.45, 7) is 4.26. The van der Waals surface area contributed by atoms with E-state index in [0.717, 1.165) is 13.1 Å². The van der Waals surface area contributed by atoms with E-state index in [9.17, 15) is 4.79 Å². The Morgan fingerprint density at radius 3 is 2.24 bits per heavy atom. The second kappa shape index (κ2) is 6.39. The molecule has 0 spiro atoms. The minimum atomic E-state index is 0.0636. The van der Waals surface area contributed by atoms with Crippen LogP contribution in [0.5, 0.6) is 0 Å². The summed E-state index contributed by atoms with van der Waals surface area (Å²) >= 11 is 0. The Balaban J connectivity index is 1.80. The fraction of sp³-hybridized carbons (Fsp3) is 0.929. The number of carbonyl (C=O) groups is 1. The zero-order valence-corrected chi connectivity index (χ0v) is 11.1. The summed E-state index contributed by atoms with van der Waals surface area (Å²) in [6, 6.07) is 0.519. The van der Waals surface area contributed by atoms with Crippen molar-refractivity contribution in [1.82, 2.24) is 10.2 Å². The van der Waals surface area contributed by atoms with Gasteiger partial charge in [-0.2, -0.15) is 0 Å². The molecule has 1 aliphatic heterocycles. The summed E-state index contributed by atoms with van der Waals surface area (Å²) in [5.41, 5.74) is 0. The number of carbonyl (C=O) groups excluding carboxylic acids is 1. The molecule has 1 saturated carbocycles. The molecular weight excluding hydrogens is 212 g/mol. The second-order valence-corrected chi connectivity index (χ2v) is 5.62. The lowest BCUT2D eigenvalue weighted by molar-refractivity contribution is -0.126. The van der Waals surface area contributed by atoms with Gasteiger partial charge in [-0.25, -0.2) is 0 Å². The largest absolute Gasteiger partial charge is 0.352 e. The number of nitrogens with zero attached hydrogens (tertiary/aromatic N) is 1. The maximum absolute atomic E-state index is 12.2. The van der Waals surface area contributed by atoms with Gasteiger partial charge in [0.05, 0.1) is 6.04 Å². The Morgan fingerprint density at radius 1 is 1.06 bits per heavy atom. The summed E-state index contributed by atoms with van der Waals surface area (Å²) in [4.78, 5) is 14.5. The smallest absolute Gasteiger partial charge is 0.237 e. The molecule has 3 heteroatoms. The SMILES string of the molecule is CC(C(=O)NC1CCCC1)N1CCCCCC1. The van der Waals surface area contributed by atoms with Gasteiger partial charge in [0.15, 0.2) is 0 Å². The molecule has 0 aromatic rings. The van der Waals surface area contributed by atoms with Crippen LogP contribution in [0.3, 0.4) is 0 Å². The zero-order chi connectivity index (χ0) is 12.1. The van der Waals surface area contributed by atoms with Crippen LogP contribution in [0, 0.1) is 0 Å². The average Bonchev–Trinajstić information content (AvgIpc) is 2.68. The van der Waals surface area contributed by atoms with Crippen LogP contribution < -0.4 is 5.32 Å². The summed E-state index contributed by atoms with van der Waals surface area (Å²) in [5, 5.41) is 3.22. The number of hydrogen-bond acceptors (Lipinski definition) is 2. The molecular formula is C14H26N2O. The Morgan fingerprint density at radius 2 is 1.65 bits per heavy atom. The molecule has 98 valence electrons. The predicted octanol–water partition coefficient (Wildman–Crippen LogP) is 2.31. The molecule has 17 heavy (non-hydrogen) atoms. The van der Waals surface area contributed by atoms with Crippen molar-refractivity contribution in [3.63, 3.8) is 0 Å². The van der Waals surface area contributed by atoms with Gasteiger partial charge < -0.3 is 5.32 Å². The third kappa shape index (κ3) is 3.70. The standard InChI is InChI=1S/C14H26N2O/c1-12(16-10-6-2-3-7-11-16)14(17)15-13-8-4-5-9-13/h12-13H,2-11H2,1H3,(H,15,17). The molecule has 1 saturated heterocycles. The van der Waals surface area contributed by atoms with E-state index in [-0.39, 0.29) is 11.9 Å². The van der Waals surface area contributed by atoms with Crippen molar-refractivity contribution in [2.45, 2.75) is 70.4 Å². The highest BCUT2D eigenvalue weighted by atomic mass is 16.2. The molecule has 2 rings (SSSR count). The van der Waals surface area contributed by atoms with Crippen LogP contribution in [0.4, 0.5) is 0 Å². The van der Waals surface area contributed by atoms with Gasteiger partial charge in [-0.1, -0.05) is 25.7 Å². The van der Waals surface area contributed by atoms with Gasteiger partial charge in [0.2, 0.25) is 5.91 Å². The molecule has 2 aliphatic rings. The lowest BCUT2D eigenvalue weighted by atomic mass is 10.2. The highest BCUT2D eigenvalue weighted by molar-refractivity contribution is 5.81. The Kier molecular flexibility index (Phi) is 4.84. The Bertz CT molecular complexity index is 241. The van der Waals surface area contributed by atoms with E-state index in [2.05, 4.69) is 17.1 Å². The number of nitrogens with one attached hydrogen (secondary N) is 1. The van der Waals surface area contributed by atoms with Crippen LogP contribution in [0.15, 0.2) is 0 Å². The summed E-state index contributed by atoms with van der Waals surface area (Å²) in [6.07, 6.45) is 10.1. The molecule has 1 unspecified atom stereocenters. The number of likely N-dealkylation sites (tertiary alicyclic amines) is 1. The number of hydrogen-bond donors (Lipinski definition) is 1. The first-order valence-electron chi connectivity index (χ1n) is 7.32. The van der Waals surface area contributed by atoms with E-state index in [0.29, 0.717) is 6.04 Å². The fourth-order valence-electron chi connectivity index (χ4n) is 3.04. The molecule has 1 N–H and O–H groups in total. The van der Waals surface area contributed by atoms with Crippen molar-refractivity contribution in [2.24, 2.45) is 0 Å². The monoisotopic (exact) mass is 238 g/mol. The Hall–Kier alpha value is -0.570. The van der Waals surface area contributed by atoms with Crippen molar-refractivity contribution in [3.8, 4) is 0 Å². The maximum atomic E-state index is 12.2. The maximum Gasteiger partial charge on any atom is 0.237 e. The molecule has 1 atom stereocenters. The molecule has 2 fully saturated rings. The number of amides is 1. The summed E-state index contributed by atoms with van der Waals surface area (Å²) in [7, 11) is 0. The van der Waals surface area contributed by atoms with Crippen LogP contribution in [-0.4, -0.2) is 36.0 Å². The normalized spacial score (nSPS) is 25.5. The molecule has 0 aromatic carbocycles. The number of rotatable bonds is 3. The molecule has 0 radical (unpaired) electrons. The van der Waals surface area contributed by atoms with Crippen molar-refractivity contribution in [1.29, 1.82) is 0 Å². The van der Waals surface area contributed by atoms with E-state index in [4.69, 9.17) is 0 Å². The second-order valence-electron chi connectivity index (χ2n) is 5.62. The Labute approximate surface area is 105 Å². The van der Waals surface area contributed by atoms with E-state index in [1.54, 1.807) is 0 Å². The molecule has 1 amide bonds. The van der Waals surface area contributed by atoms with Gasteiger partial charge in [0.25, 0.3) is 0 Å². The van der Waals surface area contributed by atoms with Gasteiger partial charge in [-0.3, -0.25) is 9.69 Å². The lowest BCUT2D eigenvalue weighted by Crippen LogP contribution is -2.48. The molecule has 0 aromatic heterocycles.